The summed E-state index contributed by atoms with van der Waals surface area (Å²) in [5, 5.41) is 0. The summed E-state index contributed by atoms with van der Waals surface area (Å²) in [5.74, 6) is 0. The van der Waals surface area contributed by atoms with Gasteiger partial charge in [0.25, 0.3) is 0 Å². The fourth-order valence-corrected chi connectivity index (χ4v) is 0.882. The molecule has 0 bridgehead atoms. The quantitative estimate of drug-likeness (QED) is 0.555. The number of hydrogen-bond donors (Lipinski definition) is 0. The summed E-state index contributed by atoms with van der Waals surface area (Å²) < 4.78 is 10.6. The molecule has 0 saturated carbocycles. The summed E-state index contributed by atoms with van der Waals surface area (Å²) in [4.78, 5) is 0. The van der Waals surface area contributed by atoms with E-state index in [1.807, 2.05) is 6.92 Å². The topological polar surface area (TPSA) is 18.5 Å². The minimum absolute atomic E-state index is 0.00646. The van der Waals surface area contributed by atoms with Gasteiger partial charge in [0.2, 0.25) is 0 Å². The summed E-state index contributed by atoms with van der Waals surface area (Å²) in [6.45, 7) is 9.50. The fourth-order valence-electron chi connectivity index (χ4n) is 0.882. The Bertz CT molecular complexity index is 104. The summed E-state index contributed by atoms with van der Waals surface area (Å²) in [6, 6.07) is 0. The first-order chi connectivity index (χ1) is 4.66. The normalized spacial score (nSPS) is 41.7. The first-order valence-electron chi connectivity index (χ1n) is 3.75. The molecule has 0 amide bonds. The Labute approximate surface area is 62.5 Å². The predicted molar refractivity (Wildman–Crippen MR) is 39.4 cm³/mol. The summed E-state index contributed by atoms with van der Waals surface area (Å²) in [7, 11) is 0. The Morgan fingerprint density at radius 2 is 2.00 bits per heavy atom. The molecule has 1 aliphatic heterocycles. The van der Waals surface area contributed by atoms with Crippen molar-refractivity contribution in [3.05, 3.63) is 6.92 Å². The number of rotatable bonds is 1. The molecular weight excluding hydrogens is 128 g/mol. The lowest BCUT2D eigenvalue weighted by Crippen LogP contribution is -2.38. The number of hydrogen-bond acceptors (Lipinski definition) is 2. The van der Waals surface area contributed by atoms with E-state index in [2.05, 4.69) is 13.8 Å². The van der Waals surface area contributed by atoms with Gasteiger partial charge in [-0.1, -0.05) is 6.92 Å². The molecule has 1 saturated heterocycles. The van der Waals surface area contributed by atoms with Crippen LogP contribution in [0, 0.1) is 12.3 Å². The third kappa shape index (κ3) is 1.70. The van der Waals surface area contributed by atoms with Crippen molar-refractivity contribution < 1.29 is 9.47 Å². The van der Waals surface area contributed by atoms with E-state index in [-0.39, 0.29) is 11.7 Å². The van der Waals surface area contributed by atoms with E-state index in [0.717, 1.165) is 19.6 Å². The molecule has 0 atom stereocenters. The predicted octanol–water partition coefficient (Wildman–Crippen LogP) is 1.61. The molecule has 0 spiro atoms. The average molecular weight is 143 g/mol. The van der Waals surface area contributed by atoms with E-state index in [1.165, 1.54) is 0 Å². The van der Waals surface area contributed by atoms with Gasteiger partial charge in [0.15, 0.2) is 6.29 Å². The maximum Gasteiger partial charge on any atom is 0.154 e. The Morgan fingerprint density at radius 1 is 1.50 bits per heavy atom. The molecule has 0 N–H and O–H groups in total. The standard InChI is InChI=1S/C8H15O2/c1-4-8(3)5-9-7(2)10-6-8/h7H,3-6H2,1-2H3. The molecule has 59 valence electrons. The van der Waals surface area contributed by atoms with Gasteiger partial charge in [-0.3, -0.25) is 0 Å². The first-order valence-corrected chi connectivity index (χ1v) is 3.75. The van der Waals surface area contributed by atoms with Crippen LogP contribution in [0.15, 0.2) is 0 Å². The van der Waals surface area contributed by atoms with Crippen molar-refractivity contribution in [1.29, 1.82) is 0 Å². The molecule has 2 nitrogen and oxygen atoms in total. The SMILES string of the molecule is [CH2]C1(CC)COC(C)OC1. The van der Waals surface area contributed by atoms with Gasteiger partial charge in [0.05, 0.1) is 13.2 Å². The molecule has 10 heavy (non-hydrogen) atoms. The molecule has 1 heterocycles. The van der Waals surface area contributed by atoms with Crippen molar-refractivity contribution >= 4 is 0 Å². The summed E-state index contributed by atoms with van der Waals surface area (Å²) in [6.07, 6.45) is 0.973. The largest absolute Gasteiger partial charge is 0.352 e. The molecule has 0 aromatic carbocycles. The van der Waals surface area contributed by atoms with E-state index in [0.29, 0.717) is 0 Å². The van der Waals surface area contributed by atoms with Crippen molar-refractivity contribution in [2.45, 2.75) is 26.6 Å². The fraction of sp³-hybridized carbons (Fsp3) is 0.875. The van der Waals surface area contributed by atoms with Crippen LogP contribution in [-0.4, -0.2) is 19.5 Å². The van der Waals surface area contributed by atoms with Gasteiger partial charge in [0.1, 0.15) is 0 Å². The second kappa shape index (κ2) is 2.89. The Kier molecular flexibility index (Phi) is 2.32. The van der Waals surface area contributed by atoms with E-state index >= 15 is 0 Å². The van der Waals surface area contributed by atoms with Crippen molar-refractivity contribution in [2.75, 3.05) is 13.2 Å². The lowest BCUT2D eigenvalue weighted by atomic mass is 9.89. The zero-order valence-corrected chi connectivity index (χ0v) is 6.72. The number of ether oxygens (including phenoxy) is 2. The molecule has 0 aromatic rings. The van der Waals surface area contributed by atoms with Gasteiger partial charge in [-0.25, -0.2) is 0 Å². The van der Waals surface area contributed by atoms with Crippen LogP contribution in [0.25, 0.3) is 0 Å². The summed E-state index contributed by atoms with van der Waals surface area (Å²) in [5.41, 5.74) is 0.00646. The van der Waals surface area contributed by atoms with Crippen LogP contribution in [0.4, 0.5) is 0 Å². The highest BCUT2D eigenvalue weighted by atomic mass is 16.7. The van der Waals surface area contributed by atoms with E-state index in [4.69, 9.17) is 9.47 Å². The van der Waals surface area contributed by atoms with Crippen LogP contribution < -0.4 is 0 Å². The maximum absolute atomic E-state index is 5.30. The minimum atomic E-state index is -0.0403. The molecule has 1 fully saturated rings. The smallest absolute Gasteiger partial charge is 0.154 e. The molecule has 1 rings (SSSR count). The van der Waals surface area contributed by atoms with Crippen molar-refractivity contribution in [1.82, 2.24) is 0 Å². The highest BCUT2D eigenvalue weighted by molar-refractivity contribution is 4.81. The molecule has 0 aliphatic carbocycles. The average Bonchev–Trinajstić information content (AvgIpc) is 1.96. The highest BCUT2D eigenvalue weighted by Gasteiger charge is 2.29. The summed E-state index contributed by atoms with van der Waals surface area (Å²) >= 11 is 0. The third-order valence-electron chi connectivity index (χ3n) is 2.00. The molecule has 0 aromatic heterocycles. The maximum atomic E-state index is 5.30. The molecule has 1 aliphatic rings. The minimum Gasteiger partial charge on any atom is -0.352 e. The zero-order valence-electron chi connectivity index (χ0n) is 6.72. The van der Waals surface area contributed by atoms with Gasteiger partial charge in [-0.05, 0) is 20.3 Å². The van der Waals surface area contributed by atoms with Crippen LogP contribution in [-0.2, 0) is 9.47 Å². The van der Waals surface area contributed by atoms with Gasteiger partial charge in [0, 0.05) is 5.41 Å². The molecule has 2 heteroatoms. The van der Waals surface area contributed by atoms with Crippen LogP contribution >= 0.6 is 0 Å². The van der Waals surface area contributed by atoms with E-state index in [9.17, 15) is 0 Å². The van der Waals surface area contributed by atoms with Gasteiger partial charge in [-0.2, -0.15) is 0 Å². The highest BCUT2D eigenvalue weighted by Crippen LogP contribution is 2.26. The first kappa shape index (κ1) is 8.02. The van der Waals surface area contributed by atoms with Crippen molar-refractivity contribution in [3.8, 4) is 0 Å². The second-order valence-corrected chi connectivity index (χ2v) is 3.04. The Hall–Kier alpha value is -0.0800. The molecular formula is C8H15O2. The van der Waals surface area contributed by atoms with E-state index < -0.39 is 0 Å². The second-order valence-electron chi connectivity index (χ2n) is 3.04. The Balaban J connectivity index is 2.38. The Morgan fingerprint density at radius 3 is 2.40 bits per heavy atom. The van der Waals surface area contributed by atoms with Gasteiger partial charge < -0.3 is 9.47 Å². The molecule has 1 radical (unpaired) electrons. The molecule has 0 unspecified atom stereocenters. The lowest BCUT2D eigenvalue weighted by molar-refractivity contribution is -0.210. The van der Waals surface area contributed by atoms with Crippen molar-refractivity contribution in [2.24, 2.45) is 5.41 Å². The van der Waals surface area contributed by atoms with Crippen molar-refractivity contribution in [3.63, 3.8) is 0 Å². The van der Waals surface area contributed by atoms with E-state index in [1.54, 1.807) is 0 Å². The van der Waals surface area contributed by atoms with Crippen LogP contribution in [0.2, 0.25) is 0 Å². The van der Waals surface area contributed by atoms with Crippen LogP contribution in [0.5, 0.6) is 0 Å². The van der Waals surface area contributed by atoms with Gasteiger partial charge in [-0.15, -0.1) is 0 Å². The van der Waals surface area contributed by atoms with Crippen LogP contribution in [0.3, 0.4) is 0 Å². The monoisotopic (exact) mass is 143 g/mol. The van der Waals surface area contributed by atoms with Crippen LogP contribution in [0.1, 0.15) is 20.3 Å². The third-order valence-corrected chi connectivity index (χ3v) is 2.00. The lowest BCUT2D eigenvalue weighted by Gasteiger charge is -2.35. The van der Waals surface area contributed by atoms with Gasteiger partial charge >= 0.3 is 0 Å². The zero-order chi connectivity index (χ0) is 7.61.